The topological polar surface area (TPSA) is 94.9 Å². The number of hydrogen-bond acceptors (Lipinski definition) is 13. The van der Waals surface area contributed by atoms with Gasteiger partial charge in [0, 0.05) is 17.2 Å². The quantitative estimate of drug-likeness (QED) is 0.0583. The molecule has 15 heteroatoms. The first-order valence-corrected chi connectivity index (χ1v) is 17.5. The molecule has 0 fully saturated rings. The van der Waals surface area contributed by atoms with Gasteiger partial charge in [-0.1, -0.05) is 52.2 Å². The van der Waals surface area contributed by atoms with Crippen molar-refractivity contribution in [3.63, 3.8) is 0 Å². The molecule has 0 aromatic carbocycles. The summed E-state index contributed by atoms with van der Waals surface area (Å²) in [6, 6.07) is 0. The van der Waals surface area contributed by atoms with Crippen LogP contribution in [0.1, 0.15) is 0 Å². The van der Waals surface area contributed by atoms with Crippen LogP contribution in [0, 0.1) is 0 Å². The van der Waals surface area contributed by atoms with Crippen molar-refractivity contribution in [2.75, 3.05) is 90.9 Å². The molecule has 0 aliphatic carbocycles. The molecular formula is C20H31N3O5S7. The van der Waals surface area contributed by atoms with Crippen LogP contribution in [0.2, 0.25) is 0 Å². The zero-order valence-corrected chi connectivity index (χ0v) is 25.5. The lowest BCUT2D eigenvalue weighted by Crippen LogP contribution is -2.13. The third kappa shape index (κ3) is 14.5. The van der Waals surface area contributed by atoms with E-state index in [1.54, 1.807) is 0 Å². The first-order chi connectivity index (χ1) is 17.3. The second kappa shape index (κ2) is 21.7. The summed E-state index contributed by atoms with van der Waals surface area (Å²) in [4.78, 5) is 2.65. The number of hydrogen-bond donors (Lipinski definition) is 0. The Labute approximate surface area is 237 Å². The molecule has 2 rings (SSSR count). The molecule has 0 aromatic rings. The molecule has 0 N–H and O–H groups in total. The van der Waals surface area contributed by atoms with Crippen LogP contribution in [0.25, 0.3) is 10.4 Å². The van der Waals surface area contributed by atoms with Crippen molar-refractivity contribution < 1.29 is 23.7 Å². The normalized spacial score (nSPS) is 15.8. The largest absolute Gasteiger partial charge is 0.379 e. The Morgan fingerprint density at radius 3 is 1.77 bits per heavy atom. The summed E-state index contributed by atoms with van der Waals surface area (Å²) in [6.07, 6.45) is 4.30. The van der Waals surface area contributed by atoms with Gasteiger partial charge in [0.05, 0.1) is 87.3 Å². The highest BCUT2D eigenvalue weighted by atomic mass is 32.3. The Hall–Kier alpha value is 0.780. The zero-order chi connectivity index (χ0) is 25.0. The maximum atomic E-state index is 8.13. The minimum absolute atomic E-state index is 0.342. The molecule has 198 valence electrons. The number of ether oxygens (including phenoxy) is 5. The minimum atomic E-state index is 0.342. The molecule has 2 aliphatic rings. The lowest BCUT2D eigenvalue weighted by Gasteiger charge is -2.08. The second-order valence-electron chi connectivity index (χ2n) is 6.28. The third-order valence-corrected chi connectivity index (χ3v) is 13.3. The van der Waals surface area contributed by atoms with Crippen molar-refractivity contribution in [3.05, 3.63) is 37.0 Å². The van der Waals surface area contributed by atoms with Gasteiger partial charge in [-0.2, -0.15) is 0 Å². The van der Waals surface area contributed by atoms with Crippen molar-refractivity contribution in [1.82, 2.24) is 0 Å². The van der Waals surface area contributed by atoms with Crippen molar-refractivity contribution >= 4 is 82.3 Å². The Bertz CT molecular complexity index is 745. The first kappa shape index (κ1) is 32.0. The summed E-state index contributed by atoms with van der Waals surface area (Å²) >= 11 is 13.1. The van der Waals surface area contributed by atoms with Crippen molar-refractivity contribution in [3.8, 4) is 0 Å². The predicted octanol–water partition coefficient (Wildman–Crippen LogP) is 6.85. The van der Waals surface area contributed by atoms with Gasteiger partial charge in [-0.25, -0.2) is 0 Å². The summed E-state index contributed by atoms with van der Waals surface area (Å²) in [5, 5.41) is 5.64. The van der Waals surface area contributed by atoms with E-state index in [-0.39, 0.29) is 0 Å². The van der Waals surface area contributed by atoms with E-state index in [0.717, 1.165) is 5.75 Å². The Morgan fingerprint density at radius 1 is 0.743 bits per heavy atom. The molecule has 0 bridgehead atoms. The fraction of sp³-hybridized carbons (Fsp3) is 0.700. The molecule has 0 unspecified atom stereocenters. The number of nitrogens with zero attached hydrogens (tertiary/aromatic N) is 3. The van der Waals surface area contributed by atoms with Gasteiger partial charge < -0.3 is 23.7 Å². The van der Waals surface area contributed by atoms with Crippen molar-refractivity contribution in [2.24, 2.45) is 5.11 Å². The van der Waals surface area contributed by atoms with E-state index >= 15 is 0 Å². The average Bonchev–Trinajstić information content (AvgIpc) is 3.52. The molecule has 2 heterocycles. The summed E-state index contributed by atoms with van der Waals surface area (Å²) in [5.41, 5.74) is 8.13. The number of azide groups is 1. The van der Waals surface area contributed by atoms with Gasteiger partial charge >= 0.3 is 0 Å². The molecule has 0 spiro atoms. The summed E-state index contributed by atoms with van der Waals surface area (Å²) in [7, 11) is 0. The lowest BCUT2D eigenvalue weighted by molar-refractivity contribution is -0.00950. The van der Waals surface area contributed by atoms with Crippen LogP contribution in [-0.2, 0) is 23.7 Å². The highest BCUT2D eigenvalue weighted by Gasteiger charge is 2.26. The van der Waals surface area contributed by atoms with Gasteiger partial charge in [0.15, 0.2) is 0 Å². The molecule has 0 aromatic heterocycles. The molecule has 0 saturated heterocycles. The third-order valence-electron chi connectivity index (χ3n) is 3.89. The second-order valence-corrected chi connectivity index (χ2v) is 14.3. The molecular weight excluding hydrogens is 587 g/mol. The van der Waals surface area contributed by atoms with Crippen LogP contribution in [0.4, 0.5) is 0 Å². The SMILES string of the molecule is CSC1=C(SC)SC(=C2SC=C(SCCOCCOCCOCCOCCOCCN=[N+]=[N-])S2)S1. The molecule has 0 saturated carbocycles. The lowest BCUT2D eigenvalue weighted by atomic mass is 10.7. The smallest absolute Gasteiger partial charge is 0.0717 e. The van der Waals surface area contributed by atoms with Crippen molar-refractivity contribution in [1.29, 1.82) is 0 Å². The van der Waals surface area contributed by atoms with E-state index < -0.39 is 0 Å². The maximum absolute atomic E-state index is 8.13. The van der Waals surface area contributed by atoms with E-state index in [4.69, 9.17) is 29.2 Å². The fourth-order valence-corrected chi connectivity index (χ4v) is 11.2. The monoisotopic (exact) mass is 617 g/mol. The van der Waals surface area contributed by atoms with Gasteiger partial charge in [-0.15, -0.1) is 35.3 Å². The fourth-order valence-electron chi connectivity index (χ4n) is 2.33. The summed E-state index contributed by atoms with van der Waals surface area (Å²) in [5.74, 6) is 0.939. The van der Waals surface area contributed by atoms with Crippen LogP contribution in [-0.4, -0.2) is 90.9 Å². The van der Waals surface area contributed by atoms with Crippen LogP contribution in [0.3, 0.4) is 0 Å². The van der Waals surface area contributed by atoms with Gasteiger partial charge in [0.25, 0.3) is 0 Å². The standard InChI is InChI=1S/C20H31N3O5S7/c1-29-17-18(30-2)35-20(34-17)19-32-15-16(33-19)31-14-13-28-12-11-27-10-9-26-8-7-25-6-5-24-4-3-22-23-21/h15H,3-14H2,1-2H3. The van der Waals surface area contributed by atoms with Crippen LogP contribution < -0.4 is 0 Å². The Kier molecular flexibility index (Phi) is 19.8. The van der Waals surface area contributed by atoms with Crippen LogP contribution in [0.5, 0.6) is 0 Å². The average molecular weight is 618 g/mol. The Balaban J connectivity index is 1.33. The van der Waals surface area contributed by atoms with Gasteiger partial charge in [0.2, 0.25) is 0 Å². The van der Waals surface area contributed by atoms with Crippen LogP contribution >= 0.6 is 82.3 Å². The van der Waals surface area contributed by atoms with E-state index in [9.17, 15) is 0 Å². The zero-order valence-electron chi connectivity index (χ0n) is 19.8. The molecule has 35 heavy (non-hydrogen) atoms. The maximum Gasteiger partial charge on any atom is 0.0717 e. The van der Waals surface area contributed by atoms with E-state index in [1.807, 2.05) is 82.3 Å². The molecule has 0 radical (unpaired) electrons. The summed E-state index contributed by atoms with van der Waals surface area (Å²) in [6.45, 7) is 5.70. The molecule has 0 atom stereocenters. The Morgan fingerprint density at radius 2 is 1.26 bits per heavy atom. The molecule has 2 aliphatic heterocycles. The number of thioether (sulfide) groups is 7. The van der Waals surface area contributed by atoms with Gasteiger partial charge in [0.1, 0.15) is 0 Å². The van der Waals surface area contributed by atoms with E-state index in [1.165, 1.54) is 21.2 Å². The van der Waals surface area contributed by atoms with Gasteiger partial charge in [-0.05, 0) is 23.5 Å². The highest BCUT2D eigenvalue weighted by molar-refractivity contribution is 8.43. The predicted molar refractivity (Wildman–Crippen MR) is 160 cm³/mol. The summed E-state index contributed by atoms with van der Waals surface area (Å²) < 4.78 is 34.3. The minimum Gasteiger partial charge on any atom is -0.379 e. The highest BCUT2D eigenvalue weighted by Crippen LogP contribution is 2.62. The molecule has 0 amide bonds. The molecule has 8 nitrogen and oxygen atoms in total. The van der Waals surface area contributed by atoms with E-state index in [2.05, 4.69) is 27.9 Å². The van der Waals surface area contributed by atoms with Crippen molar-refractivity contribution in [2.45, 2.75) is 0 Å². The van der Waals surface area contributed by atoms with E-state index in [0.29, 0.717) is 72.6 Å². The first-order valence-electron chi connectivity index (χ1n) is 10.8. The van der Waals surface area contributed by atoms with Crippen LogP contribution in [0.15, 0.2) is 31.7 Å². The van der Waals surface area contributed by atoms with Gasteiger partial charge in [-0.3, -0.25) is 0 Å². The number of rotatable bonds is 21.